The molecule has 0 radical (unpaired) electrons. The molecule has 0 aliphatic heterocycles. The van der Waals surface area contributed by atoms with Gasteiger partial charge < -0.3 is 11.1 Å². The van der Waals surface area contributed by atoms with Crippen LogP contribution >= 0.6 is 46.6 Å². The quantitative estimate of drug-likeness (QED) is 0.763. The van der Waals surface area contributed by atoms with Crippen molar-refractivity contribution in [2.75, 3.05) is 6.54 Å². The Balaban J connectivity index is 0.00000162. The molecule has 1 unspecified atom stereocenters. The molecule has 0 heterocycles. The number of hydrogen-bond donors (Lipinski definition) is 2. The Morgan fingerprint density at radius 1 is 1.56 bits per heavy atom. The van der Waals surface area contributed by atoms with Crippen LogP contribution in [0.4, 0.5) is 0 Å². The number of nitrogens with one attached hydrogen (secondary N) is 1. The molecule has 1 aromatic carbocycles. The van der Waals surface area contributed by atoms with Gasteiger partial charge in [-0.15, -0.1) is 12.4 Å². The molecule has 18 heavy (non-hydrogen) atoms. The molecule has 1 saturated carbocycles. The Labute approximate surface area is 131 Å². The molecule has 1 aromatic rings. The number of hydrogen-bond acceptors (Lipinski definition) is 2. The standard InChI is InChI=1S/C12H14ClIN2O.ClH/c13-8-3-4-10(14)9(5-8)12(17)16-6-11(15)7-1-2-7;/h3-5,7,11H,1-2,6,15H2,(H,16,17);1H. The third kappa shape index (κ3) is 4.26. The Morgan fingerprint density at radius 2 is 2.22 bits per heavy atom. The molecule has 6 heteroatoms. The van der Waals surface area contributed by atoms with E-state index in [1.807, 2.05) is 6.07 Å². The van der Waals surface area contributed by atoms with Crippen LogP contribution in [0.5, 0.6) is 0 Å². The average Bonchev–Trinajstić information content (AvgIpc) is 3.12. The van der Waals surface area contributed by atoms with E-state index in [-0.39, 0.29) is 24.4 Å². The molecule has 2 rings (SSSR count). The normalized spacial score (nSPS) is 15.7. The molecule has 0 bridgehead atoms. The van der Waals surface area contributed by atoms with Crippen molar-refractivity contribution in [2.45, 2.75) is 18.9 Å². The van der Waals surface area contributed by atoms with Gasteiger partial charge in [0.05, 0.1) is 5.56 Å². The number of nitrogens with two attached hydrogens (primary N) is 1. The van der Waals surface area contributed by atoms with Crippen LogP contribution in [0.3, 0.4) is 0 Å². The van der Waals surface area contributed by atoms with Crippen molar-refractivity contribution >= 4 is 52.5 Å². The number of carbonyl (C=O) groups excluding carboxylic acids is 1. The molecule has 0 saturated heterocycles. The third-order valence-corrected chi connectivity index (χ3v) is 4.07. The minimum absolute atomic E-state index is 0. The Morgan fingerprint density at radius 3 is 2.83 bits per heavy atom. The van der Waals surface area contributed by atoms with Crippen molar-refractivity contribution in [1.82, 2.24) is 5.32 Å². The monoisotopic (exact) mass is 400 g/mol. The van der Waals surface area contributed by atoms with Crippen molar-refractivity contribution < 1.29 is 4.79 Å². The van der Waals surface area contributed by atoms with Crippen LogP contribution in [0.1, 0.15) is 23.2 Å². The topological polar surface area (TPSA) is 55.1 Å². The van der Waals surface area contributed by atoms with Gasteiger partial charge in [0, 0.05) is 21.2 Å². The first kappa shape index (κ1) is 16.0. The average molecular weight is 401 g/mol. The van der Waals surface area contributed by atoms with Crippen molar-refractivity contribution in [3.63, 3.8) is 0 Å². The first-order chi connectivity index (χ1) is 8.08. The summed E-state index contributed by atoms with van der Waals surface area (Å²) in [5, 5.41) is 3.43. The maximum absolute atomic E-state index is 11.9. The summed E-state index contributed by atoms with van der Waals surface area (Å²) >= 11 is 8.00. The second-order valence-corrected chi connectivity index (χ2v) is 5.93. The van der Waals surface area contributed by atoms with E-state index in [0.717, 1.165) is 3.57 Å². The zero-order chi connectivity index (χ0) is 12.4. The van der Waals surface area contributed by atoms with E-state index >= 15 is 0 Å². The minimum atomic E-state index is -0.104. The number of benzene rings is 1. The molecule has 1 atom stereocenters. The van der Waals surface area contributed by atoms with Crippen molar-refractivity contribution in [3.05, 3.63) is 32.4 Å². The maximum atomic E-state index is 11.9. The molecule has 3 nitrogen and oxygen atoms in total. The fourth-order valence-electron chi connectivity index (χ4n) is 1.67. The molecular weight excluding hydrogens is 386 g/mol. The van der Waals surface area contributed by atoms with E-state index in [4.69, 9.17) is 17.3 Å². The summed E-state index contributed by atoms with van der Waals surface area (Å²) in [7, 11) is 0. The SMILES string of the molecule is Cl.NC(CNC(=O)c1cc(Cl)ccc1I)C1CC1. The molecule has 1 amide bonds. The first-order valence-electron chi connectivity index (χ1n) is 5.57. The van der Waals surface area contributed by atoms with Crippen molar-refractivity contribution in [1.29, 1.82) is 0 Å². The van der Waals surface area contributed by atoms with E-state index < -0.39 is 0 Å². The fourth-order valence-corrected chi connectivity index (χ4v) is 2.42. The highest BCUT2D eigenvalue weighted by atomic mass is 127. The number of halogens is 3. The minimum Gasteiger partial charge on any atom is -0.350 e. The highest BCUT2D eigenvalue weighted by Gasteiger charge is 2.28. The lowest BCUT2D eigenvalue weighted by Crippen LogP contribution is -2.38. The van der Waals surface area contributed by atoms with Crippen LogP contribution in [-0.2, 0) is 0 Å². The number of amides is 1. The van der Waals surface area contributed by atoms with E-state index in [9.17, 15) is 4.79 Å². The van der Waals surface area contributed by atoms with Crippen LogP contribution in [0.15, 0.2) is 18.2 Å². The Kier molecular flexibility index (Phi) is 6.17. The highest BCUT2D eigenvalue weighted by Crippen LogP contribution is 2.31. The molecule has 1 aliphatic carbocycles. The summed E-state index contributed by atoms with van der Waals surface area (Å²) < 4.78 is 0.893. The molecule has 0 spiro atoms. The highest BCUT2D eigenvalue weighted by molar-refractivity contribution is 14.1. The fraction of sp³-hybridized carbons (Fsp3) is 0.417. The number of carbonyl (C=O) groups is 1. The van der Waals surface area contributed by atoms with Gasteiger partial charge in [0.15, 0.2) is 0 Å². The summed E-state index contributed by atoms with van der Waals surface area (Å²) in [5.41, 5.74) is 6.54. The molecule has 1 aliphatic rings. The largest absolute Gasteiger partial charge is 0.350 e. The van der Waals surface area contributed by atoms with Crippen LogP contribution in [-0.4, -0.2) is 18.5 Å². The molecular formula is C12H15Cl2IN2O. The van der Waals surface area contributed by atoms with Crippen LogP contribution in [0, 0.1) is 9.49 Å². The number of rotatable bonds is 4. The summed E-state index contributed by atoms with van der Waals surface area (Å²) in [6, 6.07) is 5.37. The van der Waals surface area contributed by atoms with Crippen molar-refractivity contribution in [2.24, 2.45) is 11.7 Å². The van der Waals surface area contributed by atoms with Crippen LogP contribution in [0.2, 0.25) is 5.02 Å². The van der Waals surface area contributed by atoms with E-state index in [0.29, 0.717) is 23.0 Å². The van der Waals surface area contributed by atoms with Gasteiger partial charge in [0.1, 0.15) is 0 Å². The second kappa shape index (κ2) is 6.93. The smallest absolute Gasteiger partial charge is 0.252 e. The van der Waals surface area contributed by atoms with Gasteiger partial charge in [-0.1, -0.05) is 11.6 Å². The molecule has 3 N–H and O–H groups in total. The van der Waals surface area contributed by atoms with E-state index in [1.54, 1.807) is 12.1 Å². The van der Waals surface area contributed by atoms with Gasteiger partial charge in [-0.05, 0) is 59.5 Å². The molecule has 0 aromatic heterocycles. The van der Waals surface area contributed by atoms with Gasteiger partial charge in [0.25, 0.3) is 5.91 Å². The van der Waals surface area contributed by atoms with E-state index in [2.05, 4.69) is 27.9 Å². The summed E-state index contributed by atoms with van der Waals surface area (Å²) in [6.45, 7) is 0.534. The van der Waals surface area contributed by atoms with Crippen molar-refractivity contribution in [3.8, 4) is 0 Å². The lowest BCUT2D eigenvalue weighted by Gasteiger charge is -2.12. The molecule has 100 valence electrons. The van der Waals surface area contributed by atoms with Crippen LogP contribution in [0.25, 0.3) is 0 Å². The van der Waals surface area contributed by atoms with Gasteiger partial charge in [-0.3, -0.25) is 4.79 Å². The zero-order valence-electron chi connectivity index (χ0n) is 9.66. The Hall–Kier alpha value is -0.0400. The van der Waals surface area contributed by atoms with Crippen LogP contribution < -0.4 is 11.1 Å². The van der Waals surface area contributed by atoms with E-state index in [1.165, 1.54) is 12.8 Å². The lowest BCUT2D eigenvalue weighted by atomic mass is 10.2. The Bertz CT molecular complexity index is 438. The van der Waals surface area contributed by atoms with Gasteiger partial charge in [-0.25, -0.2) is 0 Å². The summed E-state index contributed by atoms with van der Waals surface area (Å²) in [6.07, 6.45) is 2.37. The summed E-state index contributed by atoms with van der Waals surface area (Å²) in [5.74, 6) is 0.488. The molecule has 1 fully saturated rings. The second-order valence-electron chi connectivity index (χ2n) is 4.34. The maximum Gasteiger partial charge on any atom is 0.252 e. The summed E-state index contributed by atoms with van der Waals surface area (Å²) in [4.78, 5) is 11.9. The first-order valence-corrected chi connectivity index (χ1v) is 7.02. The predicted molar refractivity (Wildman–Crippen MR) is 84.4 cm³/mol. The zero-order valence-corrected chi connectivity index (χ0v) is 13.4. The third-order valence-electron chi connectivity index (χ3n) is 2.90. The van der Waals surface area contributed by atoms with Gasteiger partial charge in [0.2, 0.25) is 0 Å². The van der Waals surface area contributed by atoms with Gasteiger partial charge in [-0.2, -0.15) is 0 Å². The predicted octanol–water partition coefficient (Wildman–Crippen LogP) is 2.83. The van der Waals surface area contributed by atoms with Gasteiger partial charge >= 0.3 is 0 Å². The lowest BCUT2D eigenvalue weighted by molar-refractivity contribution is 0.0949.